The quantitative estimate of drug-likeness (QED) is 0.868. The van der Waals surface area contributed by atoms with Crippen molar-refractivity contribution in [1.29, 1.82) is 0 Å². The van der Waals surface area contributed by atoms with Gasteiger partial charge in [0.05, 0.1) is 19.4 Å². The summed E-state index contributed by atoms with van der Waals surface area (Å²) in [6.45, 7) is 5.76. The average Bonchev–Trinajstić information content (AvgIpc) is 2.98. The number of hydrogen-bond acceptors (Lipinski definition) is 4. The summed E-state index contributed by atoms with van der Waals surface area (Å²) in [6, 6.07) is 5.35. The third kappa shape index (κ3) is 3.26. The Morgan fingerprint density at radius 3 is 2.63 bits per heavy atom. The van der Waals surface area contributed by atoms with Crippen LogP contribution in [0.5, 0.6) is 0 Å². The topological polar surface area (TPSA) is 66.8 Å². The molecule has 0 saturated heterocycles. The monoisotopic (exact) mass is 263 g/mol. The van der Waals surface area contributed by atoms with Gasteiger partial charge in [-0.25, -0.2) is 4.79 Å². The van der Waals surface area contributed by atoms with E-state index < -0.39 is 5.97 Å². The Kier molecular flexibility index (Phi) is 4.06. The lowest BCUT2D eigenvalue weighted by Gasteiger charge is -2.17. The molecule has 0 fully saturated rings. The van der Waals surface area contributed by atoms with Crippen LogP contribution in [0.25, 0.3) is 0 Å². The van der Waals surface area contributed by atoms with Crippen molar-refractivity contribution in [2.75, 3.05) is 6.54 Å². The number of aromatic carboxylic acids is 1. The van der Waals surface area contributed by atoms with Gasteiger partial charge in [0.2, 0.25) is 0 Å². The van der Waals surface area contributed by atoms with Gasteiger partial charge in [-0.05, 0) is 31.7 Å². The minimum atomic E-state index is -0.957. The third-order valence-corrected chi connectivity index (χ3v) is 2.99. The predicted octanol–water partition coefficient (Wildman–Crippen LogP) is 2.90. The van der Waals surface area contributed by atoms with Gasteiger partial charge in [0.15, 0.2) is 0 Å². The van der Waals surface area contributed by atoms with Gasteiger partial charge in [-0.3, -0.25) is 4.90 Å². The van der Waals surface area contributed by atoms with Crippen molar-refractivity contribution in [2.45, 2.75) is 26.9 Å². The van der Waals surface area contributed by atoms with Crippen LogP contribution in [0.3, 0.4) is 0 Å². The van der Waals surface area contributed by atoms with Crippen molar-refractivity contribution in [1.82, 2.24) is 4.90 Å². The first-order valence-corrected chi connectivity index (χ1v) is 6.17. The van der Waals surface area contributed by atoms with E-state index >= 15 is 0 Å². The molecule has 2 aromatic rings. The van der Waals surface area contributed by atoms with Crippen molar-refractivity contribution in [2.24, 2.45) is 0 Å². The highest BCUT2D eigenvalue weighted by molar-refractivity contribution is 5.88. The summed E-state index contributed by atoms with van der Waals surface area (Å²) in [7, 11) is 0. The lowest BCUT2D eigenvalue weighted by molar-refractivity contribution is 0.0695. The lowest BCUT2D eigenvalue weighted by atomic mass is 10.2. The predicted molar refractivity (Wildman–Crippen MR) is 68.9 cm³/mol. The first-order chi connectivity index (χ1) is 9.10. The fourth-order valence-electron chi connectivity index (χ4n) is 1.96. The molecule has 2 rings (SSSR count). The fraction of sp³-hybridized carbons (Fsp3) is 0.357. The van der Waals surface area contributed by atoms with E-state index in [-0.39, 0.29) is 5.56 Å². The van der Waals surface area contributed by atoms with Crippen LogP contribution in [0, 0.1) is 6.92 Å². The first kappa shape index (κ1) is 13.4. The highest BCUT2D eigenvalue weighted by Gasteiger charge is 2.16. The summed E-state index contributed by atoms with van der Waals surface area (Å²) in [6.07, 6.45) is 1.64. The Bertz CT molecular complexity index is 542. The van der Waals surface area contributed by atoms with Crippen molar-refractivity contribution < 1.29 is 18.7 Å². The summed E-state index contributed by atoms with van der Waals surface area (Å²) < 4.78 is 10.8. The number of carbonyl (C=O) groups is 1. The van der Waals surface area contributed by atoms with Gasteiger partial charge in [0.25, 0.3) is 0 Å². The minimum absolute atomic E-state index is 0.226. The molecule has 0 aliphatic rings. The summed E-state index contributed by atoms with van der Waals surface area (Å²) in [5.41, 5.74) is 0.226. The van der Waals surface area contributed by atoms with Crippen LogP contribution < -0.4 is 0 Å². The molecular weight excluding hydrogens is 246 g/mol. The zero-order chi connectivity index (χ0) is 13.8. The van der Waals surface area contributed by atoms with Gasteiger partial charge in [-0.1, -0.05) is 6.92 Å². The van der Waals surface area contributed by atoms with Gasteiger partial charge in [-0.2, -0.15) is 0 Å². The van der Waals surface area contributed by atoms with Crippen molar-refractivity contribution in [3.63, 3.8) is 0 Å². The second-order valence-corrected chi connectivity index (χ2v) is 4.37. The average molecular weight is 263 g/mol. The van der Waals surface area contributed by atoms with E-state index in [4.69, 9.17) is 13.9 Å². The van der Waals surface area contributed by atoms with Crippen LogP contribution in [0.2, 0.25) is 0 Å². The molecule has 102 valence electrons. The molecule has 0 unspecified atom stereocenters. The van der Waals surface area contributed by atoms with Crippen LogP contribution >= 0.6 is 0 Å². The Labute approximate surface area is 111 Å². The zero-order valence-electron chi connectivity index (χ0n) is 11.0. The number of carboxylic acids is 1. The summed E-state index contributed by atoms with van der Waals surface area (Å²) in [4.78, 5) is 13.1. The van der Waals surface area contributed by atoms with Crippen molar-refractivity contribution in [3.05, 3.63) is 47.3 Å². The molecule has 0 spiro atoms. The maximum Gasteiger partial charge on any atom is 0.339 e. The maximum absolute atomic E-state index is 11.0. The Morgan fingerprint density at radius 2 is 2.11 bits per heavy atom. The number of aryl methyl sites for hydroxylation is 1. The van der Waals surface area contributed by atoms with Crippen LogP contribution in [-0.4, -0.2) is 22.5 Å². The van der Waals surface area contributed by atoms with Gasteiger partial charge >= 0.3 is 5.97 Å². The molecule has 0 atom stereocenters. The van der Waals surface area contributed by atoms with Gasteiger partial charge < -0.3 is 13.9 Å². The molecule has 0 aliphatic heterocycles. The number of hydrogen-bond donors (Lipinski definition) is 1. The van der Waals surface area contributed by atoms with E-state index in [0.717, 1.165) is 12.3 Å². The second kappa shape index (κ2) is 5.75. The standard InChI is InChI=1S/C14H17NO4/c1-3-15(8-11-5-4-6-18-11)9-12-7-13(14(16)17)10(2)19-12/h4-7H,3,8-9H2,1-2H3,(H,16,17). The van der Waals surface area contributed by atoms with Crippen LogP contribution in [0.4, 0.5) is 0 Å². The van der Waals surface area contributed by atoms with Gasteiger partial charge in [0.1, 0.15) is 22.8 Å². The number of furan rings is 2. The number of nitrogens with zero attached hydrogens (tertiary/aromatic N) is 1. The molecular formula is C14H17NO4. The SMILES string of the molecule is CCN(Cc1ccco1)Cc1cc(C(=O)O)c(C)o1. The maximum atomic E-state index is 11.0. The molecule has 2 aromatic heterocycles. The van der Waals surface area contributed by atoms with E-state index in [0.29, 0.717) is 24.6 Å². The van der Waals surface area contributed by atoms with E-state index in [1.54, 1.807) is 19.3 Å². The van der Waals surface area contributed by atoms with Gasteiger partial charge in [-0.15, -0.1) is 0 Å². The van der Waals surface area contributed by atoms with Crippen molar-refractivity contribution >= 4 is 5.97 Å². The molecule has 5 nitrogen and oxygen atoms in total. The molecule has 0 aliphatic carbocycles. The Balaban J connectivity index is 2.06. The minimum Gasteiger partial charge on any atom is -0.478 e. The fourth-order valence-corrected chi connectivity index (χ4v) is 1.96. The molecule has 0 amide bonds. The van der Waals surface area contributed by atoms with Crippen LogP contribution in [0.1, 0.15) is 34.6 Å². The van der Waals surface area contributed by atoms with E-state index in [1.807, 2.05) is 19.1 Å². The highest BCUT2D eigenvalue weighted by Crippen LogP contribution is 2.17. The van der Waals surface area contributed by atoms with E-state index in [2.05, 4.69) is 4.90 Å². The number of carboxylic acid groups (broad SMARTS) is 1. The Hall–Kier alpha value is -2.01. The molecule has 0 saturated carbocycles. The third-order valence-electron chi connectivity index (χ3n) is 2.99. The second-order valence-electron chi connectivity index (χ2n) is 4.37. The largest absolute Gasteiger partial charge is 0.478 e. The molecule has 0 bridgehead atoms. The van der Waals surface area contributed by atoms with Crippen LogP contribution in [0.15, 0.2) is 33.3 Å². The van der Waals surface area contributed by atoms with E-state index in [9.17, 15) is 4.79 Å². The Morgan fingerprint density at radius 1 is 1.37 bits per heavy atom. The molecule has 19 heavy (non-hydrogen) atoms. The van der Waals surface area contributed by atoms with E-state index in [1.165, 1.54) is 0 Å². The molecule has 2 heterocycles. The molecule has 0 aromatic carbocycles. The summed E-state index contributed by atoms with van der Waals surface area (Å²) >= 11 is 0. The summed E-state index contributed by atoms with van der Waals surface area (Å²) in [5, 5.41) is 8.99. The molecule has 0 radical (unpaired) electrons. The zero-order valence-corrected chi connectivity index (χ0v) is 11.0. The van der Waals surface area contributed by atoms with Crippen LogP contribution in [-0.2, 0) is 13.1 Å². The molecule has 5 heteroatoms. The normalized spacial score (nSPS) is 11.1. The molecule has 1 N–H and O–H groups in total. The number of rotatable bonds is 6. The summed E-state index contributed by atoms with van der Waals surface area (Å²) in [5.74, 6) is 1.02. The van der Waals surface area contributed by atoms with Crippen molar-refractivity contribution in [3.8, 4) is 0 Å². The highest BCUT2D eigenvalue weighted by atomic mass is 16.4. The smallest absolute Gasteiger partial charge is 0.339 e. The first-order valence-electron chi connectivity index (χ1n) is 6.17. The lowest BCUT2D eigenvalue weighted by Crippen LogP contribution is -2.21. The van der Waals surface area contributed by atoms with Gasteiger partial charge in [0, 0.05) is 0 Å².